The molecular weight excluding hydrogens is 240 g/mol. The number of carbonyl (C=O) groups is 1. The molecule has 0 spiro atoms. The molecule has 0 saturated carbocycles. The topological polar surface area (TPSA) is 69.0 Å². The highest BCUT2D eigenvalue weighted by Crippen LogP contribution is 2.04. The molecule has 0 atom stereocenters. The molecule has 98 valence electrons. The van der Waals surface area contributed by atoms with Crippen LogP contribution in [0.15, 0.2) is 24.5 Å². The standard InChI is InChI=1S/C14H16N4O/c1-2-7-16-11-14(19)18(9-4-6-15)12-13-5-3-8-17-10-13/h1,3,5,8,10,16H,4,7,9,11-12H2. The van der Waals surface area contributed by atoms with Crippen molar-refractivity contribution in [3.8, 4) is 18.4 Å². The van der Waals surface area contributed by atoms with Crippen LogP contribution in [0.1, 0.15) is 12.0 Å². The molecule has 0 unspecified atom stereocenters. The second-order valence-corrected chi connectivity index (χ2v) is 3.89. The third kappa shape index (κ3) is 5.67. The molecule has 1 aromatic rings. The van der Waals surface area contributed by atoms with Crippen molar-refractivity contribution in [2.24, 2.45) is 0 Å². The first-order chi connectivity index (χ1) is 9.27. The first-order valence-corrected chi connectivity index (χ1v) is 5.95. The van der Waals surface area contributed by atoms with E-state index in [4.69, 9.17) is 11.7 Å². The van der Waals surface area contributed by atoms with Gasteiger partial charge >= 0.3 is 0 Å². The van der Waals surface area contributed by atoms with Crippen LogP contribution in [0.25, 0.3) is 0 Å². The molecule has 0 aliphatic carbocycles. The Balaban J connectivity index is 2.59. The van der Waals surface area contributed by atoms with Crippen LogP contribution in [0.3, 0.4) is 0 Å². The van der Waals surface area contributed by atoms with Gasteiger partial charge in [0.1, 0.15) is 0 Å². The third-order valence-corrected chi connectivity index (χ3v) is 2.45. The molecule has 0 aromatic carbocycles. The van der Waals surface area contributed by atoms with Crippen LogP contribution in [-0.2, 0) is 11.3 Å². The molecule has 1 N–H and O–H groups in total. The van der Waals surface area contributed by atoms with Crippen LogP contribution >= 0.6 is 0 Å². The summed E-state index contributed by atoms with van der Waals surface area (Å²) in [5.74, 6) is 2.34. The van der Waals surface area contributed by atoms with Crippen LogP contribution in [0.2, 0.25) is 0 Å². The second kappa shape index (κ2) is 8.68. The average Bonchev–Trinajstić information content (AvgIpc) is 2.44. The smallest absolute Gasteiger partial charge is 0.236 e. The Kier molecular flexibility index (Phi) is 6.71. The van der Waals surface area contributed by atoms with Gasteiger partial charge in [-0.05, 0) is 11.6 Å². The largest absolute Gasteiger partial charge is 0.336 e. The Morgan fingerprint density at radius 2 is 2.42 bits per heavy atom. The number of amides is 1. The Morgan fingerprint density at radius 1 is 1.58 bits per heavy atom. The van der Waals surface area contributed by atoms with Gasteiger partial charge in [0.15, 0.2) is 0 Å². The zero-order chi connectivity index (χ0) is 13.9. The molecule has 1 rings (SSSR count). The minimum atomic E-state index is -0.0747. The SMILES string of the molecule is C#CCNCC(=O)N(CCC#N)Cc1cccnc1. The first-order valence-electron chi connectivity index (χ1n) is 5.95. The van der Waals surface area contributed by atoms with Crippen molar-refractivity contribution in [2.45, 2.75) is 13.0 Å². The highest BCUT2D eigenvalue weighted by Gasteiger charge is 2.13. The maximum Gasteiger partial charge on any atom is 0.236 e. The number of pyridine rings is 1. The number of nitrogens with one attached hydrogen (secondary N) is 1. The molecule has 1 aromatic heterocycles. The highest BCUT2D eigenvalue weighted by molar-refractivity contribution is 5.78. The molecule has 0 aliphatic rings. The fourth-order valence-electron chi connectivity index (χ4n) is 1.54. The van der Waals surface area contributed by atoms with E-state index in [-0.39, 0.29) is 12.5 Å². The van der Waals surface area contributed by atoms with Crippen molar-refractivity contribution < 1.29 is 4.79 Å². The predicted molar refractivity (Wildman–Crippen MR) is 71.6 cm³/mol. The van der Waals surface area contributed by atoms with Crippen molar-refractivity contribution in [3.05, 3.63) is 30.1 Å². The maximum atomic E-state index is 12.0. The van der Waals surface area contributed by atoms with Crippen molar-refractivity contribution in [1.29, 1.82) is 5.26 Å². The van der Waals surface area contributed by atoms with Gasteiger partial charge in [-0.25, -0.2) is 0 Å². The normalized spacial score (nSPS) is 9.37. The number of rotatable bonds is 7. The summed E-state index contributed by atoms with van der Waals surface area (Å²) in [6, 6.07) is 5.76. The van der Waals surface area contributed by atoms with Crippen LogP contribution in [0.4, 0.5) is 0 Å². The summed E-state index contributed by atoms with van der Waals surface area (Å²) in [5, 5.41) is 11.5. The number of nitrogens with zero attached hydrogens (tertiary/aromatic N) is 3. The molecule has 19 heavy (non-hydrogen) atoms. The number of hydrogen-bond acceptors (Lipinski definition) is 4. The van der Waals surface area contributed by atoms with Crippen LogP contribution in [-0.4, -0.2) is 35.4 Å². The molecule has 0 radical (unpaired) electrons. The van der Waals surface area contributed by atoms with Gasteiger partial charge in [0.2, 0.25) is 5.91 Å². The van der Waals surface area contributed by atoms with E-state index in [0.717, 1.165) is 5.56 Å². The summed E-state index contributed by atoms with van der Waals surface area (Å²) >= 11 is 0. The fraction of sp³-hybridized carbons (Fsp3) is 0.357. The predicted octanol–water partition coefficient (Wildman–Crippen LogP) is 0.547. The molecule has 5 nitrogen and oxygen atoms in total. The van der Waals surface area contributed by atoms with Crippen LogP contribution in [0, 0.1) is 23.7 Å². The lowest BCUT2D eigenvalue weighted by Crippen LogP contribution is -2.38. The van der Waals surface area contributed by atoms with Gasteiger partial charge in [-0.3, -0.25) is 15.1 Å². The third-order valence-electron chi connectivity index (χ3n) is 2.45. The molecule has 0 fully saturated rings. The van der Waals surface area contributed by atoms with Crippen LogP contribution < -0.4 is 5.32 Å². The average molecular weight is 256 g/mol. The Labute approximate surface area is 113 Å². The summed E-state index contributed by atoms with van der Waals surface area (Å²) in [6.07, 6.45) is 8.80. The minimum Gasteiger partial charge on any atom is -0.336 e. The Bertz CT molecular complexity index is 472. The first kappa shape index (κ1) is 14.7. The summed E-state index contributed by atoms with van der Waals surface area (Å²) in [7, 11) is 0. The van der Waals surface area contributed by atoms with Gasteiger partial charge in [-0.1, -0.05) is 12.0 Å². The fourth-order valence-corrected chi connectivity index (χ4v) is 1.54. The number of carbonyl (C=O) groups excluding carboxylic acids is 1. The van der Waals surface area contributed by atoms with E-state index in [1.165, 1.54) is 0 Å². The van der Waals surface area contributed by atoms with E-state index in [9.17, 15) is 4.79 Å². The lowest BCUT2D eigenvalue weighted by Gasteiger charge is -2.21. The number of aromatic nitrogens is 1. The zero-order valence-electron chi connectivity index (χ0n) is 10.7. The second-order valence-electron chi connectivity index (χ2n) is 3.89. The highest BCUT2D eigenvalue weighted by atomic mass is 16.2. The summed E-state index contributed by atoms with van der Waals surface area (Å²) < 4.78 is 0. The van der Waals surface area contributed by atoms with E-state index in [2.05, 4.69) is 16.2 Å². The maximum absolute atomic E-state index is 12.0. The lowest BCUT2D eigenvalue weighted by atomic mass is 10.2. The van der Waals surface area contributed by atoms with Gasteiger partial charge in [0.25, 0.3) is 0 Å². The summed E-state index contributed by atoms with van der Waals surface area (Å²) in [6.45, 7) is 1.38. The lowest BCUT2D eigenvalue weighted by molar-refractivity contribution is -0.130. The van der Waals surface area contributed by atoms with E-state index in [1.54, 1.807) is 17.3 Å². The van der Waals surface area contributed by atoms with Gasteiger partial charge in [0.05, 0.1) is 25.6 Å². The minimum absolute atomic E-state index is 0.0747. The van der Waals surface area contributed by atoms with Crippen molar-refractivity contribution in [3.63, 3.8) is 0 Å². The molecule has 5 heteroatoms. The van der Waals surface area contributed by atoms with Crippen molar-refractivity contribution >= 4 is 5.91 Å². The van der Waals surface area contributed by atoms with Crippen LogP contribution in [0.5, 0.6) is 0 Å². The van der Waals surface area contributed by atoms with E-state index in [0.29, 0.717) is 26.1 Å². The van der Waals surface area contributed by atoms with E-state index in [1.807, 2.05) is 18.2 Å². The summed E-state index contributed by atoms with van der Waals surface area (Å²) in [5.41, 5.74) is 0.936. The molecular formula is C14H16N4O. The van der Waals surface area contributed by atoms with Gasteiger partial charge in [-0.2, -0.15) is 5.26 Å². The monoisotopic (exact) mass is 256 g/mol. The molecule has 0 saturated heterocycles. The van der Waals surface area contributed by atoms with E-state index >= 15 is 0 Å². The number of nitriles is 1. The summed E-state index contributed by atoms with van der Waals surface area (Å²) in [4.78, 5) is 17.6. The van der Waals surface area contributed by atoms with E-state index < -0.39 is 0 Å². The van der Waals surface area contributed by atoms with Gasteiger partial charge in [0, 0.05) is 25.5 Å². The Morgan fingerprint density at radius 3 is 3.05 bits per heavy atom. The Hall–Kier alpha value is -2.37. The quantitative estimate of drug-likeness (QED) is 0.571. The van der Waals surface area contributed by atoms with Gasteiger partial charge < -0.3 is 4.90 Å². The van der Waals surface area contributed by atoms with Crippen molar-refractivity contribution in [2.75, 3.05) is 19.6 Å². The molecule has 1 amide bonds. The molecule has 0 bridgehead atoms. The number of hydrogen-bond donors (Lipinski definition) is 1. The zero-order valence-corrected chi connectivity index (χ0v) is 10.7. The molecule has 1 heterocycles. The van der Waals surface area contributed by atoms with Gasteiger partial charge in [-0.15, -0.1) is 6.42 Å². The molecule has 0 aliphatic heterocycles. The van der Waals surface area contributed by atoms with Crippen molar-refractivity contribution in [1.82, 2.24) is 15.2 Å². The number of terminal acetylenes is 1.